The van der Waals surface area contributed by atoms with Crippen molar-refractivity contribution in [2.24, 2.45) is 0 Å². The number of carbonyl (C=O) groups is 12. The van der Waals surface area contributed by atoms with Crippen LogP contribution in [0.3, 0.4) is 0 Å². The lowest BCUT2D eigenvalue weighted by Crippen LogP contribution is -2.57. The number of nitrogens with zero attached hydrogens (tertiary/aromatic N) is 8. The monoisotopic (exact) mass is 1350 g/mol. The quantitative estimate of drug-likeness (QED) is 0.0724. The zero-order valence-electron chi connectivity index (χ0n) is 54.6. The van der Waals surface area contributed by atoms with E-state index in [1.54, 1.807) is 84.2 Å². The summed E-state index contributed by atoms with van der Waals surface area (Å²) in [6.45, 7) is 23.9. The molecule has 6 aliphatic heterocycles. The summed E-state index contributed by atoms with van der Waals surface area (Å²) < 4.78 is 15.3. The number of halogens is 1. The van der Waals surface area contributed by atoms with Crippen LogP contribution in [0.1, 0.15) is 118 Å². The van der Waals surface area contributed by atoms with Crippen LogP contribution in [0.25, 0.3) is 0 Å². The Hall–Kier alpha value is -9.40. The number of benzene rings is 4. The molecule has 0 aromatic heterocycles. The second-order valence-electron chi connectivity index (χ2n) is 25.5. The molecule has 6 heterocycles. The number of hydrogen-bond acceptors (Lipinski definition) is 17. The summed E-state index contributed by atoms with van der Waals surface area (Å²) >= 11 is 3.12. The summed E-state index contributed by atoms with van der Waals surface area (Å²) in [5.74, 6) is -3.65. The van der Waals surface area contributed by atoms with Gasteiger partial charge in [0.15, 0.2) is 0 Å². The molecule has 0 radical (unpaired) electrons. The normalized spacial score (nSPS) is 19.4. The summed E-state index contributed by atoms with van der Waals surface area (Å²) in [5, 5.41) is 12.2. The lowest BCUT2D eigenvalue weighted by molar-refractivity contribution is -0.152. The van der Waals surface area contributed by atoms with E-state index in [0.29, 0.717) is 46.4 Å². The molecule has 93 heavy (non-hydrogen) atoms. The molecule has 0 aliphatic carbocycles. The Morgan fingerprint density at radius 2 is 0.785 bits per heavy atom. The van der Waals surface area contributed by atoms with Crippen molar-refractivity contribution in [1.82, 2.24) is 29.8 Å². The van der Waals surface area contributed by atoms with Crippen molar-refractivity contribution in [3.05, 3.63) is 114 Å². The number of urea groups is 3. The van der Waals surface area contributed by atoms with Crippen LogP contribution in [0.4, 0.5) is 51.5 Å². The fraction of sp³-hybridized carbons (Fsp3) is 0.455. The molecule has 6 aliphatic rings. The third-order valence-electron chi connectivity index (χ3n) is 14.5. The van der Waals surface area contributed by atoms with E-state index in [0.717, 1.165) is 35.7 Å². The molecule has 10 rings (SSSR count). The van der Waals surface area contributed by atoms with Crippen molar-refractivity contribution in [2.45, 2.75) is 155 Å². The molecule has 4 aromatic carbocycles. The molecule has 0 bridgehead atoms. The van der Waals surface area contributed by atoms with Crippen LogP contribution in [0.2, 0.25) is 0 Å². The molecule has 0 spiro atoms. The Balaban J connectivity index is 0.000000196. The van der Waals surface area contributed by atoms with Gasteiger partial charge in [0.1, 0.15) is 34.6 Å². The van der Waals surface area contributed by atoms with Gasteiger partial charge in [-0.2, -0.15) is 14.7 Å². The van der Waals surface area contributed by atoms with Crippen LogP contribution in [0.5, 0.6) is 5.75 Å². The number of nitrogens with two attached hydrogens (primary N) is 1. The standard InChI is InChI=1S/C20H25N3O5.C19H23N3O6.C10H14BrNO4.C10H12N2O.C7H9N/c1-13-5-7-14(8-6-13)21-11-12-22(18(21)26)15-9-10-16(24)23(17(15)25)19(27)28-20(2,3)4;1-19(2,3)28-18(27)22-15(24)9-8-14(16(22)25)21-11-10-20(17(21)26)12-4-6-13(23)7-5-12;1-10(2,3)16-9(15)12-7(13)5-4-6(11)8(12)14;1-8-2-4-9(5-3-8)12-7-6-11-10(12)13;1-6-2-4-7(8)5-3-6/h5-8,15H,9-12H2,1-4H3;4-7,14,23H,8-11H2,1-3H3;6H,4-5H2,1-3H3;2-5H,6-7H2,1H3,(H,11,13);2-5H,8H2,1H3. The molecule has 4 aromatic rings. The van der Waals surface area contributed by atoms with Crippen molar-refractivity contribution < 1.29 is 76.9 Å². The molecule has 3 unspecified atom stereocenters. The number of anilines is 4. The second kappa shape index (κ2) is 30.8. The molecular weight excluding hydrogens is 1270 g/mol. The number of phenolic OH excluding ortho intramolecular Hbond substituents is 1. The van der Waals surface area contributed by atoms with E-state index < -0.39 is 87.4 Å². The minimum atomic E-state index is -1.02. The van der Waals surface area contributed by atoms with Gasteiger partial charge in [0.25, 0.3) is 17.7 Å². The van der Waals surface area contributed by atoms with Crippen LogP contribution >= 0.6 is 15.9 Å². The first-order valence-corrected chi connectivity index (χ1v) is 31.3. The molecule has 3 atom stereocenters. The molecule has 15 amide bonds. The molecule has 500 valence electrons. The highest BCUT2D eigenvalue weighted by Gasteiger charge is 2.49. The topological polar surface area (TPSA) is 317 Å². The minimum absolute atomic E-state index is 0.00357. The van der Waals surface area contributed by atoms with Gasteiger partial charge in [0, 0.05) is 81.3 Å². The predicted molar refractivity (Wildman–Crippen MR) is 348 cm³/mol. The highest BCUT2D eigenvalue weighted by molar-refractivity contribution is 9.10. The minimum Gasteiger partial charge on any atom is -0.508 e. The first kappa shape index (κ1) is 72.7. The first-order chi connectivity index (χ1) is 43.4. The van der Waals surface area contributed by atoms with Gasteiger partial charge in [-0.05, 0) is 163 Å². The van der Waals surface area contributed by atoms with E-state index in [9.17, 15) is 62.6 Å². The Morgan fingerprint density at radius 1 is 0.462 bits per heavy atom. The molecule has 0 saturated carbocycles. The Kier molecular flexibility index (Phi) is 24.1. The lowest BCUT2D eigenvalue weighted by atomic mass is 10.0. The van der Waals surface area contributed by atoms with Crippen LogP contribution in [-0.2, 0) is 43.0 Å². The third kappa shape index (κ3) is 19.8. The fourth-order valence-corrected chi connectivity index (χ4v) is 10.3. The SMILES string of the molecule is CC(C)(C)OC(=O)N1C(=O)CCC(Br)C1=O.CC(C)(C)OC(=O)N1C(=O)CCC(N2CCN(c3ccc(O)cc3)C2=O)C1=O.Cc1ccc(N)cc1.Cc1ccc(N2CCN(C3CCC(=O)N(C(=O)OC(C)(C)C)C3=O)C2=O)cc1.Cc1ccc(N2CCNC2=O)cc1. The zero-order valence-corrected chi connectivity index (χ0v) is 56.1. The first-order valence-electron chi connectivity index (χ1n) is 30.3. The van der Waals surface area contributed by atoms with Crippen LogP contribution in [0, 0.1) is 20.8 Å². The van der Waals surface area contributed by atoms with E-state index in [1.165, 1.54) is 38.0 Å². The number of hydrogen-bond donors (Lipinski definition) is 3. The highest BCUT2D eigenvalue weighted by atomic mass is 79.9. The Labute approximate surface area is 549 Å². The number of rotatable bonds is 5. The van der Waals surface area contributed by atoms with Gasteiger partial charge in [-0.3, -0.25) is 43.5 Å². The van der Waals surface area contributed by atoms with Crippen molar-refractivity contribution >= 4 is 110 Å². The molecule has 4 N–H and O–H groups in total. The van der Waals surface area contributed by atoms with Gasteiger partial charge >= 0.3 is 36.4 Å². The maximum Gasteiger partial charge on any atom is 0.424 e. The third-order valence-corrected chi connectivity index (χ3v) is 15.3. The summed E-state index contributed by atoms with van der Waals surface area (Å²) in [6, 6.07) is 27.0. The predicted octanol–water partition coefficient (Wildman–Crippen LogP) is 9.71. The van der Waals surface area contributed by atoms with E-state index in [4.69, 9.17) is 19.9 Å². The van der Waals surface area contributed by atoms with Gasteiger partial charge in [-0.15, -0.1) is 0 Å². The van der Waals surface area contributed by atoms with Crippen molar-refractivity contribution in [3.8, 4) is 5.75 Å². The summed E-state index contributed by atoms with van der Waals surface area (Å²) in [6.07, 6.45) is -1.99. The smallest absolute Gasteiger partial charge is 0.424 e. The number of aryl methyl sites for hydroxylation is 3. The number of nitrogen functional groups attached to an aromatic ring is 1. The summed E-state index contributed by atoms with van der Waals surface area (Å²) in [7, 11) is 0. The van der Waals surface area contributed by atoms with Crippen molar-refractivity contribution in [2.75, 3.05) is 59.7 Å². The molecule has 27 heteroatoms. The number of aromatic hydroxyl groups is 1. The average molecular weight is 1350 g/mol. The molecule has 6 fully saturated rings. The Bertz CT molecular complexity index is 3280. The van der Waals surface area contributed by atoms with Crippen molar-refractivity contribution in [3.63, 3.8) is 0 Å². The number of carbonyl (C=O) groups excluding carboxylic acids is 12. The fourth-order valence-electron chi connectivity index (χ4n) is 9.89. The van der Waals surface area contributed by atoms with Gasteiger partial charge in [0.2, 0.25) is 17.7 Å². The van der Waals surface area contributed by atoms with Gasteiger partial charge in [-0.1, -0.05) is 69.0 Å². The molecule has 6 saturated heterocycles. The second-order valence-corrected chi connectivity index (χ2v) is 26.6. The zero-order chi connectivity index (χ0) is 69.0. The average Bonchev–Trinajstić information content (AvgIpc) is 1.74. The van der Waals surface area contributed by atoms with E-state index in [2.05, 4.69) is 21.2 Å². The maximum atomic E-state index is 12.9. The number of alkyl halides is 1. The maximum absolute atomic E-state index is 12.9. The summed E-state index contributed by atoms with van der Waals surface area (Å²) in [5.41, 5.74) is 9.70. The van der Waals surface area contributed by atoms with E-state index in [-0.39, 0.29) is 62.5 Å². The van der Waals surface area contributed by atoms with Crippen LogP contribution in [0.15, 0.2) is 97.1 Å². The lowest BCUT2D eigenvalue weighted by Gasteiger charge is -2.34. The number of ether oxygens (including phenoxy) is 3. The van der Waals surface area contributed by atoms with E-state index in [1.807, 2.05) is 93.6 Å². The number of nitrogens with one attached hydrogen (secondary N) is 1. The molecular formula is C66H83BrN10O16. The number of piperidine rings is 3. The van der Waals surface area contributed by atoms with Gasteiger partial charge < -0.3 is 40.2 Å². The number of likely N-dealkylation sites (tertiary alicyclic amines) is 3. The summed E-state index contributed by atoms with van der Waals surface area (Å²) in [4.78, 5) is 155. The number of imide groups is 9. The largest absolute Gasteiger partial charge is 0.508 e. The van der Waals surface area contributed by atoms with Crippen LogP contribution < -0.4 is 25.8 Å². The van der Waals surface area contributed by atoms with Gasteiger partial charge in [0.05, 0.1) is 4.83 Å². The van der Waals surface area contributed by atoms with Gasteiger partial charge in [-0.25, -0.2) is 28.8 Å². The van der Waals surface area contributed by atoms with Crippen molar-refractivity contribution in [1.29, 1.82) is 0 Å². The van der Waals surface area contributed by atoms with Crippen LogP contribution in [-0.4, -0.2) is 174 Å². The number of amides is 15. The number of phenols is 1. The molecule has 26 nitrogen and oxygen atoms in total. The Morgan fingerprint density at radius 3 is 1.12 bits per heavy atom. The van der Waals surface area contributed by atoms with E-state index >= 15 is 0 Å². The highest BCUT2D eigenvalue weighted by Crippen LogP contribution is 2.31.